The second-order valence-electron chi connectivity index (χ2n) is 6.23. The van der Waals surface area contributed by atoms with Crippen molar-refractivity contribution in [2.24, 2.45) is 7.05 Å². The second kappa shape index (κ2) is 5.29. The summed E-state index contributed by atoms with van der Waals surface area (Å²) in [5, 5.41) is 9.22. The first-order chi connectivity index (χ1) is 10.8. The molecule has 22 heavy (non-hydrogen) atoms. The summed E-state index contributed by atoms with van der Waals surface area (Å²) in [6, 6.07) is 8.56. The summed E-state index contributed by atoms with van der Waals surface area (Å²) in [6.07, 6.45) is 4.49. The first-order valence-electron chi connectivity index (χ1n) is 8.11. The van der Waals surface area contributed by atoms with Crippen molar-refractivity contribution in [3.05, 3.63) is 41.7 Å². The predicted molar refractivity (Wildman–Crippen MR) is 89.8 cm³/mol. The number of aryl methyl sites for hydroxylation is 1. The lowest BCUT2D eigenvalue weighted by molar-refractivity contribution is 0.254. The molecule has 3 heterocycles. The summed E-state index contributed by atoms with van der Waals surface area (Å²) < 4.78 is 2.19. The van der Waals surface area contributed by atoms with Gasteiger partial charge in [0, 0.05) is 60.5 Å². The van der Waals surface area contributed by atoms with E-state index >= 15 is 0 Å². The predicted octanol–water partition coefficient (Wildman–Crippen LogP) is 3.34. The van der Waals surface area contributed by atoms with Gasteiger partial charge >= 0.3 is 0 Å². The van der Waals surface area contributed by atoms with Gasteiger partial charge in [0.05, 0.1) is 5.69 Å². The molecule has 0 atom stereocenters. The largest absolute Gasteiger partial charge is 0.350 e. The number of aromatic nitrogens is 3. The standard InChI is InChI=1S/C18H22N4/c1-3-9-22-10-8-16-15(12-22)18(20-19-16)14-11-21(2)17-7-5-4-6-13(14)17/h4-7,11H,3,8-10,12H2,1-2H3,(H,19,20). The number of H-pyrrole nitrogens is 1. The molecule has 114 valence electrons. The van der Waals surface area contributed by atoms with Gasteiger partial charge in [-0.25, -0.2) is 0 Å². The van der Waals surface area contributed by atoms with Crippen LogP contribution in [0.3, 0.4) is 0 Å². The minimum Gasteiger partial charge on any atom is -0.350 e. The summed E-state index contributed by atoms with van der Waals surface area (Å²) in [7, 11) is 2.11. The molecule has 0 saturated heterocycles. The van der Waals surface area contributed by atoms with Crippen LogP contribution in [-0.2, 0) is 20.0 Å². The molecule has 0 unspecified atom stereocenters. The van der Waals surface area contributed by atoms with Gasteiger partial charge in [-0.3, -0.25) is 10.00 Å². The van der Waals surface area contributed by atoms with Crippen molar-refractivity contribution < 1.29 is 0 Å². The van der Waals surface area contributed by atoms with Gasteiger partial charge in [-0.2, -0.15) is 5.10 Å². The number of aromatic amines is 1. The maximum absolute atomic E-state index is 4.66. The molecule has 4 heteroatoms. The fraction of sp³-hybridized carbons (Fsp3) is 0.389. The Morgan fingerprint density at radius 3 is 3.00 bits per heavy atom. The van der Waals surface area contributed by atoms with Gasteiger partial charge in [0.1, 0.15) is 0 Å². The first-order valence-corrected chi connectivity index (χ1v) is 8.11. The highest BCUT2D eigenvalue weighted by Gasteiger charge is 2.23. The fourth-order valence-corrected chi connectivity index (χ4v) is 3.61. The monoisotopic (exact) mass is 294 g/mol. The Morgan fingerprint density at radius 1 is 1.27 bits per heavy atom. The Bertz CT molecular complexity index is 812. The van der Waals surface area contributed by atoms with Crippen LogP contribution >= 0.6 is 0 Å². The minimum absolute atomic E-state index is 1.01. The highest BCUT2D eigenvalue weighted by atomic mass is 15.2. The second-order valence-corrected chi connectivity index (χ2v) is 6.23. The average molecular weight is 294 g/mol. The van der Waals surface area contributed by atoms with Crippen molar-refractivity contribution in [2.75, 3.05) is 13.1 Å². The fourth-order valence-electron chi connectivity index (χ4n) is 3.61. The van der Waals surface area contributed by atoms with E-state index in [2.05, 4.69) is 64.1 Å². The molecule has 0 spiro atoms. The van der Waals surface area contributed by atoms with Crippen molar-refractivity contribution in [1.82, 2.24) is 19.7 Å². The highest BCUT2D eigenvalue weighted by Crippen LogP contribution is 2.34. The third-order valence-electron chi connectivity index (χ3n) is 4.70. The molecule has 3 aromatic rings. The minimum atomic E-state index is 1.01. The molecule has 0 radical (unpaired) electrons. The van der Waals surface area contributed by atoms with Crippen LogP contribution in [0.1, 0.15) is 24.6 Å². The lowest BCUT2D eigenvalue weighted by atomic mass is 10.0. The van der Waals surface area contributed by atoms with Crippen molar-refractivity contribution in [3.63, 3.8) is 0 Å². The Labute approximate surface area is 130 Å². The van der Waals surface area contributed by atoms with Gasteiger partial charge in [0.25, 0.3) is 0 Å². The van der Waals surface area contributed by atoms with E-state index in [9.17, 15) is 0 Å². The number of para-hydroxylation sites is 1. The quantitative estimate of drug-likeness (QED) is 0.804. The van der Waals surface area contributed by atoms with Crippen LogP contribution in [0.25, 0.3) is 22.2 Å². The van der Waals surface area contributed by atoms with Gasteiger partial charge in [0.15, 0.2) is 0 Å². The Hall–Kier alpha value is -2.07. The summed E-state index contributed by atoms with van der Waals surface area (Å²) in [5.74, 6) is 0. The molecule has 0 aliphatic carbocycles. The van der Waals surface area contributed by atoms with Gasteiger partial charge in [-0.05, 0) is 19.0 Å². The molecule has 1 aliphatic heterocycles. The van der Waals surface area contributed by atoms with Crippen molar-refractivity contribution in [3.8, 4) is 11.3 Å². The van der Waals surface area contributed by atoms with Crippen LogP contribution in [0.15, 0.2) is 30.5 Å². The molecule has 1 aromatic carbocycles. The summed E-state index contributed by atoms with van der Waals surface area (Å²) in [5.41, 5.74) is 6.34. The Kier molecular flexibility index (Phi) is 3.26. The number of benzene rings is 1. The van der Waals surface area contributed by atoms with Crippen LogP contribution in [0, 0.1) is 0 Å². The Morgan fingerprint density at radius 2 is 2.14 bits per heavy atom. The van der Waals surface area contributed by atoms with E-state index in [1.165, 1.54) is 40.7 Å². The van der Waals surface area contributed by atoms with E-state index in [1.54, 1.807) is 0 Å². The van der Waals surface area contributed by atoms with Crippen molar-refractivity contribution in [2.45, 2.75) is 26.3 Å². The number of hydrogen-bond donors (Lipinski definition) is 1. The molecule has 4 nitrogen and oxygen atoms in total. The lowest BCUT2D eigenvalue weighted by Gasteiger charge is -2.26. The smallest absolute Gasteiger partial charge is 0.0990 e. The molecule has 0 saturated carbocycles. The van der Waals surface area contributed by atoms with Crippen molar-refractivity contribution >= 4 is 10.9 Å². The molecule has 1 N–H and O–H groups in total. The zero-order chi connectivity index (χ0) is 15.1. The molecule has 0 amide bonds. The van der Waals surface area contributed by atoms with E-state index < -0.39 is 0 Å². The topological polar surface area (TPSA) is 36.9 Å². The summed E-state index contributed by atoms with van der Waals surface area (Å²) in [6.45, 7) is 5.56. The van der Waals surface area contributed by atoms with Crippen LogP contribution < -0.4 is 0 Å². The first kappa shape index (κ1) is 13.6. The Balaban J connectivity index is 1.82. The molecule has 0 fully saturated rings. The molecule has 4 rings (SSSR count). The molecule has 2 aromatic heterocycles. The number of nitrogens with zero attached hydrogens (tertiary/aromatic N) is 3. The molecular formula is C18H22N4. The number of hydrogen-bond acceptors (Lipinski definition) is 2. The van der Waals surface area contributed by atoms with Crippen LogP contribution in [0.5, 0.6) is 0 Å². The summed E-state index contributed by atoms with van der Waals surface area (Å²) >= 11 is 0. The van der Waals surface area contributed by atoms with Crippen molar-refractivity contribution in [1.29, 1.82) is 0 Å². The van der Waals surface area contributed by atoms with Gasteiger partial charge in [0.2, 0.25) is 0 Å². The van der Waals surface area contributed by atoms with Crippen LogP contribution in [-0.4, -0.2) is 32.8 Å². The number of fused-ring (bicyclic) bond motifs is 2. The third kappa shape index (κ3) is 2.06. The van der Waals surface area contributed by atoms with Gasteiger partial charge in [-0.15, -0.1) is 0 Å². The van der Waals surface area contributed by atoms with E-state index in [4.69, 9.17) is 0 Å². The van der Waals surface area contributed by atoms with Crippen LogP contribution in [0.2, 0.25) is 0 Å². The normalized spacial score (nSPS) is 15.4. The third-order valence-corrected chi connectivity index (χ3v) is 4.70. The number of nitrogens with one attached hydrogen (secondary N) is 1. The van der Waals surface area contributed by atoms with E-state index in [-0.39, 0.29) is 0 Å². The maximum Gasteiger partial charge on any atom is 0.0990 e. The molecule has 0 bridgehead atoms. The van der Waals surface area contributed by atoms with E-state index in [0.717, 1.165) is 25.2 Å². The van der Waals surface area contributed by atoms with Gasteiger partial charge in [-0.1, -0.05) is 25.1 Å². The zero-order valence-corrected chi connectivity index (χ0v) is 13.3. The van der Waals surface area contributed by atoms with Gasteiger partial charge < -0.3 is 4.57 Å². The van der Waals surface area contributed by atoms with Crippen LogP contribution in [0.4, 0.5) is 0 Å². The number of rotatable bonds is 3. The molecule has 1 aliphatic rings. The zero-order valence-electron chi connectivity index (χ0n) is 13.3. The molecular weight excluding hydrogens is 272 g/mol. The maximum atomic E-state index is 4.66. The van der Waals surface area contributed by atoms with E-state index in [1.807, 2.05) is 0 Å². The lowest BCUT2D eigenvalue weighted by Crippen LogP contribution is -2.31. The van der Waals surface area contributed by atoms with E-state index in [0.29, 0.717) is 0 Å². The summed E-state index contributed by atoms with van der Waals surface area (Å²) in [4.78, 5) is 2.53. The average Bonchev–Trinajstić information content (AvgIpc) is 3.09. The highest BCUT2D eigenvalue weighted by molar-refractivity contribution is 5.95. The SMILES string of the molecule is CCCN1CCc2[nH]nc(-c3cn(C)c4ccccc34)c2C1.